The van der Waals surface area contributed by atoms with Crippen LogP contribution in [-0.4, -0.2) is 82.4 Å². The third kappa shape index (κ3) is 11.2. The number of rotatable bonds is 19. The minimum atomic E-state index is -4.05. The van der Waals surface area contributed by atoms with E-state index in [4.69, 9.17) is 41.6 Å². The molecular weight excluding hydrogens is 834 g/mol. The van der Waals surface area contributed by atoms with Crippen LogP contribution in [0.1, 0.15) is 23.0 Å². The zero-order chi connectivity index (χ0) is 36.3. The Morgan fingerprint density at radius 1 is 1.08 bits per heavy atom. The summed E-state index contributed by atoms with van der Waals surface area (Å²) < 4.78 is 50.0. The van der Waals surface area contributed by atoms with Crippen molar-refractivity contribution in [3.05, 3.63) is 63.1 Å². The summed E-state index contributed by atoms with van der Waals surface area (Å²) >= 11 is 17.5. The zero-order valence-electron chi connectivity index (χ0n) is 26.3. The molecule has 4 rings (SSSR count). The van der Waals surface area contributed by atoms with Crippen molar-refractivity contribution in [3.8, 4) is 0 Å². The molecule has 1 heterocycles. The second-order valence-electron chi connectivity index (χ2n) is 10.1. The molecule has 0 fully saturated rings. The number of amides is 2. The third-order valence-electron chi connectivity index (χ3n) is 6.84. The molecule has 0 atom stereocenters. The number of nitrogens with zero attached hydrogens (tertiary/aromatic N) is 3. The average molecular weight is 863 g/mol. The number of anilines is 1. The molecule has 1 aliphatic carbocycles. The Labute approximate surface area is 319 Å². The standard InChI is InChI=1S/C29H29N5O9S6Se/c1-40-42-47-31-24(35)15-33(16-25(36)32-48-43-41-2)20-8-5-18(6-9-20)27-28(45)21(29(27)46)14-26-34(11-3-4-12-49(37,38)39)22-10-7-19(30-17-44)13-23(22)50-26/h5-10,13-14H,3-4,11-12,15-16H2,1-2H3,(H3-,31,32,35,36,37,38,39,45,46). The fourth-order valence-corrected chi connectivity index (χ4v) is 9.25. The Morgan fingerprint density at radius 3 is 2.28 bits per heavy atom. The predicted molar refractivity (Wildman–Crippen MR) is 203 cm³/mol. The van der Waals surface area contributed by atoms with Crippen LogP contribution in [0, 0.1) is 0 Å². The van der Waals surface area contributed by atoms with Gasteiger partial charge in [-0.25, -0.2) is 9.78 Å². The quantitative estimate of drug-likeness (QED) is 0.0130. The monoisotopic (exact) mass is 863 g/mol. The number of fused-ring (bicyclic) bond motifs is 1. The Kier molecular flexibility index (Phi) is 15.5. The zero-order valence-corrected chi connectivity index (χ0v) is 32.9. The number of hydrogen-bond acceptors (Lipinski definition) is 15. The van der Waals surface area contributed by atoms with Crippen LogP contribution < -0.4 is 18.9 Å². The van der Waals surface area contributed by atoms with Gasteiger partial charge in [-0.05, 0) is 0 Å². The molecule has 0 saturated carbocycles. The number of aliphatic imine (C=N–C) groups is 1. The second-order valence-corrected chi connectivity index (χ2v) is 15.9. The topological polar surface area (TPSA) is 169 Å². The van der Waals surface area contributed by atoms with Gasteiger partial charge in [0, 0.05) is 0 Å². The summed E-state index contributed by atoms with van der Waals surface area (Å²) in [5.74, 6) is -1.21. The van der Waals surface area contributed by atoms with E-state index >= 15 is 0 Å². The molecule has 0 aliphatic heterocycles. The van der Waals surface area contributed by atoms with E-state index in [-0.39, 0.29) is 33.3 Å². The van der Waals surface area contributed by atoms with E-state index in [1.54, 1.807) is 17.0 Å². The summed E-state index contributed by atoms with van der Waals surface area (Å²) in [4.78, 5) is 40.8. The molecule has 0 spiro atoms. The normalized spacial score (nSPS) is 13.7. The molecule has 2 amide bonds. The maximum absolute atomic E-state index is 12.5. The van der Waals surface area contributed by atoms with Crippen molar-refractivity contribution >= 4 is 141 Å². The van der Waals surface area contributed by atoms with Crippen molar-refractivity contribution in [2.24, 2.45) is 4.99 Å². The molecular formula is C29H29N5O9S6Se. The van der Waals surface area contributed by atoms with Gasteiger partial charge in [-0.15, -0.1) is 8.67 Å². The number of isothiocyanates is 1. The number of unbranched alkanes of at least 4 members (excludes halogenated alkanes) is 1. The van der Waals surface area contributed by atoms with Crippen LogP contribution in [0.4, 0.5) is 11.4 Å². The van der Waals surface area contributed by atoms with Gasteiger partial charge < -0.3 is 0 Å². The Balaban J connectivity index is 1.59. The van der Waals surface area contributed by atoms with Gasteiger partial charge in [0.05, 0.1) is 14.2 Å². The van der Waals surface area contributed by atoms with Gasteiger partial charge >= 0.3 is 245 Å². The van der Waals surface area contributed by atoms with E-state index < -0.39 is 21.9 Å². The van der Waals surface area contributed by atoms with Crippen molar-refractivity contribution in [2.75, 3.05) is 38.0 Å². The van der Waals surface area contributed by atoms with E-state index in [1.165, 1.54) is 14.2 Å². The molecule has 3 N–H and O–H groups in total. The van der Waals surface area contributed by atoms with Crippen molar-refractivity contribution < 1.29 is 45.6 Å². The molecule has 1 aromatic heterocycles. The first-order valence-corrected chi connectivity index (χ1v) is 20.3. The number of carbonyl (C=O) groups excluding carboxylic acids is 2. The first kappa shape index (κ1) is 40.2. The summed E-state index contributed by atoms with van der Waals surface area (Å²) in [7, 11) is -1.46. The van der Waals surface area contributed by atoms with Crippen molar-refractivity contribution in [3.63, 3.8) is 0 Å². The fourth-order valence-electron chi connectivity index (χ4n) is 4.72. The third-order valence-corrected chi connectivity index (χ3v) is 11.9. The minimum absolute atomic E-state index is 0.133. The van der Waals surface area contributed by atoms with Crippen molar-refractivity contribution in [2.45, 2.75) is 19.4 Å². The number of aromatic nitrogens is 1. The molecule has 0 radical (unpaired) electrons. The summed E-state index contributed by atoms with van der Waals surface area (Å²) in [5, 5.41) is 2.39. The van der Waals surface area contributed by atoms with Gasteiger partial charge in [-0.3, -0.25) is 19.0 Å². The summed E-state index contributed by atoms with van der Waals surface area (Å²) in [6, 6.07) is 12.9. The molecule has 1 aliphatic rings. The summed E-state index contributed by atoms with van der Waals surface area (Å²) in [5.41, 5.74) is 4.50. The molecule has 21 heteroatoms. The maximum atomic E-state index is 12.5. The van der Waals surface area contributed by atoms with E-state index in [1.807, 2.05) is 36.4 Å². The average Bonchev–Trinajstić information content (AvgIpc) is 3.42. The van der Waals surface area contributed by atoms with E-state index in [0.29, 0.717) is 65.0 Å². The molecule has 266 valence electrons. The van der Waals surface area contributed by atoms with Crippen LogP contribution in [0.2, 0.25) is 0 Å². The molecule has 3 aromatic rings. The van der Waals surface area contributed by atoms with E-state index in [0.717, 1.165) is 31.1 Å². The first-order valence-electron chi connectivity index (χ1n) is 14.3. The van der Waals surface area contributed by atoms with Gasteiger partial charge in [0.25, 0.3) is 0 Å². The molecule has 14 nitrogen and oxygen atoms in total. The number of aryl methyl sites for hydroxylation is 1. The molecule has 2 aromatic carbocycles. The van der Waals surface area contributed by atoms with Crippen molar-refractivity contribution in [1.82, 2.24) is 9.44 Å². The Bertz CT molecular complexity index is 1940. The number of hydrogen-bond donors (Lipinski definition) is 3. The van der Waals surface area contributed by atoms with Gasteiger partial charge in [-0.1, -0.05) is 0 Å². The van der Waals surface area contributed by atoms with Gasteiger partial charge in [0.15, 0.2) is 24.5 Å². The van der Waals surface area contributed by atoms with Crippen LogP contribution in [0.3, 0.4) is 0 Å². The molecule has 0 unspecified atom stereocenters. The van der Waals surface area contributed by atoms with Gasteiger partial charge in [-0.2, -0.15) is 0 Å². The van der Waals surface area contributed by atoms with Crippen LogP contribution in [0.15, 0.2) is 57.9 Å². The molecule has 50 heavy (non-hydrogen) atoms. The second kappa shape index (κ2) is 19.3. The summed E-state index contributed by atoms with van der Waals surface area (Å²) in [6.07, 6.45) is 2.82. The van der Waals surface area contributed by atoms with E-state index in [2.05, 4.69) is 42.6 Å². The van der Waals surface area contributed by atoms with E-state index in [9.17, 15) is 18.0 Å². The number of nitrogens with one attached hydrogen (secondary N) is 2. The SMILES string of the molecule is COOSNC(=O)CN(CC(=O)NSOOC)c1ccc(C2=C([S-])C(=Cc3[se]c4cc(N=C=S)ccc4[n+]3CCCCS(=O)(=O)O)C2=S)cc1. The molecule has 0 saturated heterocycles. The van der Waals surface area contributed by atoms with Crippen LogP contribution >= 0.6 is 48.9 Å². The number of thiocarbonyl (C=S) groups is 2. The summed E-state index contributed by atoms with van der Waals surface area (Å²) in [6.45, 7) is 0.161. The fraction of sp³-hybridized carbons (Fsp3) is 0.276. The van der Waals surface area contributed by atoms with Crippen molar-refractivity contribution in [1.29, 1.82) is 0 Å². The van der Waals surface area contributed by atoms with Crippen LogP contribution in [0.5, 0.6) is 0 Å². The first-order chi connectivity index (χ1) is 23.9. The van der Waals surface area contributed by atoms with Crippen LogP contribution in [0.25, 0.3) is 21.4 Å². The molecule has 0 bridgehead atoms. The predicted octanol–water partition coefficient (Wildman–Crippen LogP) is 3.63. The number of carbonyl (C=O) groups is 2. The Morgan fingerprint density at radius 2 is 1.72 bits per heavy atom. The Hall–Kier alpha value is -2.59. The van der Waals surface area contributed by atoms with Crippen LogP contribution in [-0.2, 0) is 57.3 Å². The van der Waals surface area contributed by atoms with Gasteiger partial charge in [0.2, 0.25) is 0 Å². The number of benzene rings is 2. The number of allylic oxidation sites excluding steroid dienone is 2. The van der Waals surface area contributed by atoms with Gasteiger partial charge in [0.1, 0.15) is 0 Å².